The summed E-state index contributed by atoms with van der Waals surface area (Å²) in [6, 6.07) is 11.8. The van der Waals surface area contributed by atoms with Crippen molar-refractivity contribution in [3.63, 3.8) is 0 Å². The number of hydrogen-bond donors (Lipinski definition) is 1. The zero-order valence-electron chi connectivity index (χ0n) is 10.9. The number of fused-ring (bicyclic) bond motifs is 1. The quantitative estimate of drug-likeness (QED) is 0.714. The first-order valence-corrected chi connectivity index (χ1v) is 6.06. The van der Waals surface area contributed by atoms with Crippen LogP contribution in [0.4, 0.5) is 5.69 Å². The Morgan fingerprint density at radius 1 is 1.16 bits per heavy atom. The van der Waals surface area contributed by atoms with Crippen LogP contribution in [-0.2, 0) is 0 Å². The van der Waals surface area contributed by atoms with Crippen molar-refractivity contribution in [2.24, 2.45) is 0 Å². The van der Waals surface area contributed by atoms with E-state index in [1.54, 1.807) is 7.11 Å². The van der Waals surface area contributed by atoms with Crippen LogP contribution in [0.25, 0.3) is 16.7 Å². The number of imidazole rings is 1. The number of nitrogens with zero attached hydrogens (tertiary/aromatic N) is 2. The van der Waals surface area contributed by atoms with Gasteiger partial charge in [-0.3, -0.25) is 4.57 Å². The molecule has 1 heterocycles. The molecule has 3 aromatic rings. The Kier molecular flexibility index (Phi) is 2.63. The van der Waals surface area contributed by atoms with Crippen LogP contribution in [0.5, 0.6) is 5.75 Å². The largest absolute Gasteiger partial charge is 0.497 e. The van der Waals surface area contributed by atoms with Gasteiger partial charge in [-0.05, 0) is 48.9 Å². The van der Waals surface area contributed by atoms with E-state index in [-0.39, 0.29) is 0 Å². The number of nitrogen functional groups attached to an aromatic ring is 1. The Bertz CT molecular complexity index is 746. The van der Waals surface area contributed by atoms with Crippen molar-refractivity contribution in [1.82, 2.24) is 9.55 Å². The maximum atomic E-state index is 5.77. The molecule has 0 bridgehead atoms. The van der Waals surface area contributed by atoms with Gasteiger partial charge in [0, 0.05) is 5.69 Å². The lowest BCUT2D eigenvalue weighted by Crippen LogP contribution is -1.96. The number of nitrogens with two attached hydrogens (primary N) is 1. The maximum Gasteiger partial charge on any atom is 0.119 e. The van der Waals surface area contributed by atoms with E-state index < -0.39 is 0 Å². The van der Waals surface area contributed by atoms with Crippen LogP contribution in [0.1, 0.15) is 5.56 Å². The fourth-order valence-electron chi connectivity index (χ4n) is 2.25. The van der Waals surface area contributed by atoms with Crippen LogP contribution >= 0.6 is 0 Å². The van der Waals surface area contributed by atoms with Crippen molar-refractivity contribution in [3.05, 3.63) is 48.3 Å². The van der Waals surface area contributed by atoms with Crippen molar-refractivity contribution >= 4 is 16.7 Å². The van der Waals surface area contributed by atoms with Gasteiger partial charge in [0.05, 0.1) is 23.8 Å². The van der Waals surface area contributed by atoms with Crippen molar-refractivity contribution in [1.29, 1.82) is 0 Å². The molecular weight excluding hydrogens is 238 g/mol. The van der Waals surface area contributed by atoms with Crippen LogP contribution in [0.3, 0.4) is 0 Å². The molecule has 1 aromatic heterocycles. The summed E-state index contributed by atoms with van der Waals surface area (Å²) in [5.74, 6) is 0.856. The van der Waals surface area contributed by atoms with Gasteiger partial charge in [-0.1, -0.05) is 0 Å². The van der Waals surface area contributed by atoms with Gasteiger partial charge in [0.2, 0.25) is 0 Å². The average Bonchev–Trinajstić information content (AvgIpc) is 2.81. The topological polar surface area (TPSA) is 53.1 Å². The highest BCUT2D eigenvalue weighted by Gasteiger charge is 2.07. The molecule has 0 aliphatic heterocycles. The molecule has 2 aromatic carbocycles. The summed E-state index contributed by atoms with van der Waals surface area (Å²) in [6.07, 6.45) is 1.82. The molecule has 0 fully saturated rings. The van der Waals surface area contributed by atoms with Crippen molar-refractivity contribution in [3.8, 4) is 11.4 Å². The van der Waals surface area contributed by atoms with E-state index in [2.05, 4.69) is 16.5 Å². The standard InChI is InChI=1S/C15H15N3O/c1-10-7-12(19-2)4-6-14(10)18-9-17-13-8-11(16)3-5-15(13)18/h3-9H,16H2,1-2H3. The fraction of sp³-hybridized carbons (Fsp3) is 0.133. The monoisotopic (exact) mass is 253 g/mol. The van der Waals surface area contributed by atoms with Crippen LogP contribution in [0.15, 0.2) is 42.7 Å². The highest BCUT2D eigenvalue weighted by molar-refractivity contribution is 5.81. The highest BCUT2D eigenvalue weighted by atomic mass is 16.5. The third-order valence-corrected chi connectivity index (χ3v) is 3.23. The van der Waals surface area contributed by atoms with Crippen molar-refractivity contribution in [2.75, 3.05) is 12.8 Å². The normalized spacial score (nSPS) is 10.8. The number of aryl methyl sites for hydroxylation is 1. The van der Waals surface area contributed by atoms with Gasteiger partial charge in [0.25, 0.3) is 0 Å². The molecular formula is C15H15N3O. The predicted octanol–water partition coefficient (Wildman–Crippen LogP) is 2.92. The van der Waals surface area contributed by atoms with Crippen LogP contribution < -0.4 is 10.5 Å². The van der Waals surface area contributed by atoms with Gasteiger partial charge < -0.3 is 10.5 Å². The van der Waals surface area contributed by atoms with E-state index in [0.29, 0.717) is 0 Å². The molecule has 19 heavy (non-hydrogen) atoms. The van der Waals surface area contributed by atoms with Gasteiger partial charge in [-0.15, -0.1) is 0 Å². The third-order valence-electron chi connectivity index (χ3n) is 3.23. The zero-order chi connectivity index (χ0) is 13.4. The first-order valence-electron chi connectivity index (χ1n) is 6.06. The smallest absolute Gasteiger partial charge is 0.119 e. The summed E-state index contributed by atoms with van der Waals surface area (Å²) in [5, 5.41) is 0. The molecule has 0 aliphatic carbocycles. The predicted molar refractivity (Wildman–Crippen MR) is 76.8 cm³/mol. The lowest BCUT2D eigenvalue weighted by Gasteiger charge is -2.10. The van der Waals surface area contributed by atoms with E-state index in [4.69, 9.17) is 10.5 Å². The minimum absolute atomic E-state index is 0.726. The molecule has 0 unspecified atom stereocenters. The minimum Gasteiger partial charge on any atom is -0.497 e. The van der Waals surface area contributed by atoms with Crippen LogP contribution in [0, 0.1) is 6.92 Å². The molecule has 0 saturated carbocycles. The fourth-order valence-corrected chi connectivity index (χ4v) is 2.25. The number of anilines is 1. The van der Waals surface area contributed by atoms with Gasteiger partial charge in [-0.25, -0.2) is 4.98 Å². The number of benzene rings is 2. The summed E-state index contributed by atoms with van der Waals surface area (Å²) >= 11 is 0. The number of methoxy groups -OCH3 is 1. The Morgan fingerprint density at radius 2 is 2.00 bits per heavy atom. The number of aromatic nitrogens is 2. The molecule has 0 amide bonds. The zero-order valence-corrected chi connectivity index (χ0v) is 10.9. The molecule has 4 heteroatoms. The second-order valence-electron chi connectivity index (χ2n) is 4.52. The molecule has 4 nitrogen and oxygen atoms in total. The third kappa shape index (κ3) is 1.91. The van der Waals surface area contributed by atoms with Gasteiger partial charge >= 0.3 is 0 Å². The summed E-state index contributed by atoms with van der Waals surface area (Å²) in [4.78, 5) is 4.39. The molecule has 0 aliphatic rings. The lowest BCUT2D eigenvalue weighted by molar-refractivity contribution is 0.414. The lowest BCUT2D eigenvalue weighted by atomic mass is 10.2. The van der Waals surface area contributed by atoms with Crippen molar-refractivity contribution < 1.29 is 4.74 Å². The maximum absolute atomic E-state index is 5.77. The molecule has 2 N–H and O–H groups in total. The molecule has 0 spiro atoms. The first kappa shape index (κ1) is 11.6. The SMILES string of the molecule is COc1ccc(-n2cnc3cc(N)ccc32)c(C)c1. The van der Waals surface area contributed by atoms with E-state index in [9.17, 15) is 0 Å². The second-order valence-corrected chi connectivity index (χ2v) is 4.52. The Labute approximate surface area is 111 Å². The summed E-state index contributed by atoms with van der Waals surface area (Å²) in [6.45, 7) is 2.06. The Balaban J connectivity index is 2.19. The van der Waals surface area contributed by atoms with E-state index in [1.807, 2.05) is 42.7 Å². The van der Waals surface area contributed by atoms with E-state index >= 15 is 0 Å². The van der Waals surface area contributed by atoms with E-state index in [1.165, 1.54) is 0 Å². The summed E-state index contributed by atoms with van der Waals surface area (Å²) in [7, 11) is 1.67. The van der Waals surface area contributed by atoms with Gasteiger partial charge in [0.1, 0.15) is 12.1 Å². The van der Waals surface area contributed by atoms with Crippen LogP contribution in [0.2, 0.25) is 0 Å². The molecule has 0 saturated heterocycles. The molecule has 3 rings (SSSR count). The molecule has 0 radical (unpaired) electrons. The Hall–Kier alpha value is -2.49. The number of rotatable bonds is 2. The number of hydrogen-bond acceptors (Lipinski definition) is 3. The number of ether oxygens (including phenoxy) is 1. The Morgan fingerprint density at radius 3 is 2.74 bits per heavy atom. The first-order chi connectivity index (χ1) is 9.19. The second kappa shape index (κ2) is 4.31. The molecule has 96 valence electrons. The van der Waals surface area contributed by atoms with Crippen LogP contribution in [-0.4, -0.2) is 16.7 Å². The van der Waals surface area contributed by atoms with Gasteiger partial charge in [-0.2, -0.15) is 0 Å². The summed E-state index contributed by atoms with van der Waals surface area (Å²) in [5.41, 5.74) is 10.7. The summed E-state index contributed by atoms with van der Waals surface area (Å²) < 4.78 is 7.29. The molecule has 0 atom stereocenters. The minimum atomic E-state index is 0.726. The van der Waals surface area contributed by atoms with Gasteiger partial charge in [0.15, 0.2) is 0 Å². The highest BCUT2D eigenvalue weighted by Crippen LogP contribution is 2.25. The van der Waals surface area contributed by atoms with E-state index in [0.717, 1.165) is 33.7 Å². The van der Waals surface area contributed by atoms with Crippen molar-refractivity contribution in [2.45, 2.75) is 6.92 Å². The average molecular weight is 253 g/mol.